The number of carbonyl (C=O) groups is 5. The van der Waals surface area contributed by atoms with E-state index in [1.807, 2.05) is 51.2 Å². The maximum atomic E-state index is 13.6. The number of aliphatic carboxylic acids is 4. The normalized spacial score (nSPS) is 13.7. The summed E-state index contributed by atoms with van der Waals surface area (Å²) >= 11 is 0. The summed E-state index contributed by atoms with van der Waals surface area (Å²) in [6, 6.07) is 8.62. The fourth-order valence-electron chi connectivity index (χ4n) is 4.29. The first-order chi connectivity index (χ1) is 21.4. The van der Waals surface area contributed by atoms with E-state index < -0.39 is 36.5 Å². The highest BCUT2D eigenvalue weighted by Gasteiger charge is 2.33. The third-order valence-electron chi connectivity index (χ3n) is 6.75. The van der Waals surface area contributed by atoms with Gasteiger partial charge in [0.05, 0.1) is 26.3 Å². The molecule has 0 aromatic heterocycles. The lowest BCUT2D eigenvalue weighted by Crippen LogP contribution is -2.57. The van der Waals surface area contributed by atoms with Gasteiger partial charge in [-0.1, -0.05) is 51.1 Å². The minimum absolute atomic E-state index is 0.00754. The van der Waals surface area contributed by atoms with E-state index in [1.165, 1.54) is 0 Å². The van der Waals surface area contributed by atoms with Gasteiger partial charge in [-0.3, -0.25) is 33.8 Å². The second-order valence-electron chi connectivity index (χ2n) is 10.3. The minimum atomic E-state index is -1.10. The molecule has 14 heteroatoms. The molecule has 0 aliphatic carbocycles. The number of piperazine rings is 1. The highest BCUT2D eigenvalue weighted by atomic mass is 16.5. The molecule has 4 N–H and O–H groups in total. The number of hydrogen-bond acceptors (Lipinski definition) is 9. The van der Waals surface area contributed by atoms with Crippen molar-refractivity contribution in [3.63, 3.8) is 0 Å². The fraction of sp³-hybridized carbons (Fsp3) is 0.645. The molecule has 45 heavy (non-hydrogen) atoms. The van der Waals surface area contributed by atoms with Gasteiger partial charge in [-0.15, -0.1) is 0 Å². The fourth-order valence-corrected chi connectivity index (χ4v) is 4.29. The minimum Gasteiger partial charge on any atom is -0.481 e. The van der Waals surface area contributed by atoms with Crippen LogP contribution in [0.5, 0.6) is 0 Å². The molecule has 1 fully saturated rings. The molecule has 256 valence electrons. The summed E-state index contributed by atoms with van der Waals surface area (Å²) in [4.78, 5) is 63.9. The average molecular weight is 641 g/mol. The predicted molar refractivity (Wildman–Crippen MR) is 168 cm³/mol. The summed E-state index contributed by atoms with van der Waals surface area (Å²) in [5.41, 5.74) is 0.928. The first-order valence-corrected chi connectivity index (χ1v) is 15.3. The van der Waals surface area contributed by atoms with Crippen LogP contribution in [0.15, 0.2) is 30.3 Å². The van der Waals surface area contributed by atoms with E-state index in [2.05, 4.69) is 4.90 Å². The number of rotatable bonds is 19. The van der Waals surface area contributed by atoms with E-state index in [0.29, 0.717) is 45.6 Å². The van der Waals surface area contributed by atoms with Crippen molar-refractivity contribution >= 4 is 29.8 Å². The van der Waals surface area contributed by atoms with Crippen molar-refractivity contribution in [3.05, 3.63) is 35.9 Å². The molecule has 1 aromatic carbocycles. The Kier molecular flexibility index (Phi) is 22.7. The smallest absolute Gasteiger partial charge is 0.317 e. The number of hydrogen-bond donors (Lipinski definition) is 4. The molecule has 0 saturated carbocycles. The van der Waals surface area contributed by atoms with Crippen LogP contribution in [-0.2, 0) is 35.3 Å². The van der Waals surface area contributed by atoms with E-state index in [9.17, 15) is 34.2 Å². The molecule has 1 unspecified atom stereocenters. The van der Waals surface area contributed by atoms with E-state index in [1.54, 1.807) is 21.6 Å². The highest BCUT2D eigenvalue weighted by Crippen LogP contribution is 2.12. The number of likely N-dealkylation sites (N-methyl/N-ethyl adjacent to an activating group) is 1. The van der Waals surface area contributed by atoms with Gasteiger partial charge in [0.2, 0.25) is 5.91 Å². The molecule has 0 radical (unpaired) electrons. The topological polar surface area (TPSA) is 188 Å². The Bertz CT molecular complexity index is 1000. The van der Waals surface area contributed by atoms with Crippen LogP contribution in [0.2, 0.25) is 0 Å². The van der Waals surface area contributed by atoms with Gasteiger partial charge in [-0.05, 0) is 32.0 Å². The first-order valence-electron chi connectivity index (χ1n) is 15.3. The van der Waals surface area contributed by atoms with Crippen LogP contribution < -0.4 is 0 Å². The van der Waals surface area contributed by atoms with Gasteiger partial charge in [-0.25, -0.2) is 0 Å². The Morgan fingerprint density at radius 3 is 1.89 bits per heavy atom. The zero-order valence-corrected chi connectivity index (χ0v) is 27.1. The SMILES string of the molecule is CC.CCC(=O)O.CN1CCN(C(=O)C(COCc2ccccc2)N(CCN(CCCCC(=O)O)CC(=O)O)CC(=O)O)CC1. The number of unbranched alkanes of at least 4 members (excludes halogenated alkanes) is 1. The lowest BCUT2D eigenvalue weighted by molar-refractivity contribution is -0.146. The van der Waals surface area contributed by atoms with Crippen molar-refractivity contribution in [2.75, 3.05) is 72.6 Å². The number of benzene rings is 1. The third kappa shape index (κ3) is 20.1. The van der Waals surface area contributed by atoms with Crippen LogP contribution in [0.4, 0.5) is 0 Å². The summed E-state index contributed by atoms with van der Waals surface area (Å²) in [6.45, 7) is 8.36. The van der Waals surface area contributed by atoms with E-state index in [0.717, 1.165) is 5.56 Å². The summed E-state index contributed by atoms with van der Waals surface area (Å²) < 4.78 is 5.89. The molecular weight excluding hydrogens is 588 g/mol. The van der Waals surface area contributed by atoms with Crippen molar-refractivity contribution < 1.29 is 49.1 Å². The van der Waals surface area contributed by atoms with Gasteiger partial charge in [-0.2, -0.15) is 0 Å². The Morgan fingerprint density at radius 2 is 1.38 bits per heavy atom. The van der Waals surface area contributed by atoms with Crippen LogP contribution >= 0.6 is 0 Å². The number of ether oxygens (including phenoxy) is 1. The monoisotopic (exact) mass is 640 g/mol. The average Bonchev–Trinajstić information content (AvgIpc) is 3.01. The molecule has 1 aliphatic heterocycles. The number of carboxylic acid groups (broad SMARTS) is 4. The van der Waals surface area contributed by atoms with Gasteiger partial charge in [0.25, 0.3) is 0 Å². The molecule has 0 bridgehead atoms. The third-order valence-corrected chi connectivity index (χ3v) is 6.75. The van der Waals surface area contributed by atoms with E-state index in [-0.39, 0.29) is 51.6 Å². The molecule has 2 rings (SSSR count). The molecule has 1 aromatic rings. The Hall–Kier alpha value is -3.59. The van der Waals surface area contributed by atoms with Crippen molar-refractivity contribution in [3.8, 4) is 0 Å². The number of amides is 1. The lowest BCUT2D eigenvalue weighted by atomic mass is 10.1. The van der Waals surface area contributed by atoms with Crippen LogP contribution in [0, 0.1) is 0 Å². The lowest BCUT2D eigenvalue weighted by Gasteiger charge is -2.38. The summed E-state index contributed by atoms with van der Waals surface area (Å²) in [5, 5.41) is 35.5. The molecule has 1 atom stereocenters. The van der Waals surface area contributed by atoms with Crippen LogP contribution in [0.1, 0.15) is 52.0 Å². The number of nitrogens with zero attached hydrogens (tertiary/aromatic N) is 4. The second kappa shape index (κ2) is 24.7. The molecule has 1 heterocycles. The van der Waals surface area contributed by atoms with Crippen molar-refractivity contribution in [2.24, 2.45) is 0 Å². The molecule has 0 spiro atoms. The maximum Gasteiger partial charge on any atom is 0.317 e. The Balaban J connectivity index is 0.00000251. The van der Waals surface area contributed by atoms with Gasteiger partial charge in [0.1, 0.15) is 6.04 Å². The first kappa shape index (κ1) is 41.4. The second-order valence-corrected chi connectivity index (χ2v) is 10.3. The summed E-state index contributed by atoms with van der Waals surface area (Å²) in [7, 11) is 1.98. The van der Waals surface area contributed by atoms with Gasteiger partial charge >= 0.3 is 23.9 Å². The van der Waals surface area contributed by atoms with Crippen LogP contribution in [0.25, 0.3) is 0 Å². The van der Waals surface area contributed by atoms with E-state index >= 15 is 0 Å². The van der Waals surface area contributed by atoms with Gasteiger partial charge in [0.15, 0.2) is 0 Å². The standard InChI is InChI=1S/C26H40N4O8.C3H6O2.C2H6/c1-27-11-14-29(15-12-27)26(37)22(20-38-19-21-7-3-2-4-8-21)30(18-25(35)36)16-13-28(17-24(33)34)10-6-5-9-23(31)32;1-2-3(4)5;1-2/h2-4,7-8,22H,5-6,9-20H2,1H3,(H,31,32)(H,33,34)(H,35,36);2H2,1H3,(H,4,5);1-2H3. The number of carboxylic acids is 4. The van der Waals surface area contributed by atoms with Gasteiger partial charge < -0.3 is 35.0 Å². The zero-order valence-electron chi connectivity index (χ0n) is 27.1. The molecule has 1 saturated heterocycles. The zero-order chi connectivity index (χ0) is 34.2. The van der Waals surface area contributed by atoms with Crippen molar-refractivity contribution in [1.29, 1.82) is 0 Å². The molecule has 14 nitrogen and oxygen atoms in total. The molecule has 1 amide bonds. The van der Waals surface area contributed by atoms with Gasteiger partial charge in [0, 0.05) is 52.1 Å². The van der Waals surface area contributed by atoms with Crippen LogP contribution in [-0.4, -0.2) is 148 Å². The van der Waals surface area contributed by atoms with E-state index in [4.69, 9.17) is 14.9 Å². The Morgan fingerprint density at radius 1 is 0.800 bits per heavy atom. The molecular formula is C31H52N4O10. The van der Waals surface area contributed by atoms with Crippen molar-refractivity contribution in [1.82, 2.24) is 19.6 Å². The largest absolute Gasteiger partial charge is 0.481 e. The van der Waals surface area contributed by atoms with Crippen molar-refractivity contribution in [2.45, 2.75) is 59.1 Å². The molecule has 1 aliphatic rings. The van der Waals surface area contributed by atoms with Crippen LogP contribution in [0.3, 0.4) is 0 Å². The predicted octanol–water partition coefficient (Wildman–Crippen LogP) is 1.88. The summed E-state index contributed by atoms with van der Waals surface area (Å²) in [5.74, 6) is -4.01. The maximum absolute atomic E-state index is 13.6. The summed E-state index contributed by atoms with van der Waals surface area (Å²) in [6.07, 6.45) is 1.11. The Labute approximate surface area is 266 Å². The quantitative estimate of drug-likeness (QED) is 0.161. The highest BCUT2D eigenvalue weighted by molar-refractivity contribution is 5.83. The number of carbonyl (C=O) groups excluding carboxylic acids is 1.